The topological polar surface area (TPSA) is 54.9 Å². The van der Waals surface area contributed by atoms with Crippen molar-refractivity contribution in [3.63, 3.8) is 0 Å². The minimum absolute atomic E-state index is 0.296. The van der Waals surface area contributed by atoms with E-state index >= 15 is 0 Å². The minimum atomic E-state index is -0.296. The molecule has 31 heavy (non-hydrogen) atoms. The average Bonchev–Trinajstić information content (AvgIpc) is 2.80. The fourth-order valence-corrected chi connectivity index (χ4v) is 4.71. The Balaban J connectivity index is 1.59. The van der Waals surface area contributed by atoms with Gasteiger partial charge in [0.2, 0.25) is 5.96 Å². The molecular formula is C24H24ClN3O2S. The van der Waals surface area contributed by atoms with E-state index in [1.165, 1.54) is 0 Å². The first-order chi connectivity index (χ1) is 15.2. The molecule has 4 rings (SSSR count). The van der Waals surface area contributed by atoms with Crippen LogP contribution in [-0.4, -0.2) is 17.9 Å². The van der Waals surface area contributed by atoms with Gasteiger partial charge in [-0.15, -0.1) is 0 Å². The van der Waals surface area contributed by atoms with E-state index in [2.05, 4.69) is 21.5 Å². The summed E-state index contributed by atoms with van der Waals surface area (Å²) in [5, 5.41) is 6.10. The number of para-hydroxylation sites is 2. The third kappa shape index (κ3) is 5.03. The fraction of sp³-hybridized carbons (Fsp3) is 0.167. The van der Waals surface area contributed by atoms with E-state index in [1.807, 2.05) is 74.5 Å². The summed E-state index contributed by atoms with van der Waals surface area (Å²) in [6.45, 7) is 5.22. The van der Waals surface area contributed by atoms with Gasteiger partial charge in [0.25, 0.3) is 0 Å². The van der Waals surface area contributed by atoms with E-state index in [4.69, 9.17) is 26.1 Å². The number of guanidine groups is 1. The van der Waals surface area contributed by atoms with E-state index < -0.39 is 0 Å². The molecule has 0 spiro atoms. The maximum absolute atomic E-state index is 6.30. The summed E-state index contributed by atoms with van der Waals surface area (Å²) in [6.07, 6.45) is 0. The predicted octanol–water partition coefficient (Wildman–Crippen LogP) is 6.47. The van der Waals surface area contributed by atoms with E-state index in [0.717, 1.165) is 21.9 Å². The van der Waals surface area contributed by atoms with E-state index in [-0.39, 0.29) is 10.7 Å². The second-order valence-corrected chi connectivity index (χ2v) is 8.90. The van der Waals surface area contributed by atoms with Crippen LogP contribution in [0.1, 0.15) is 19.4 Å². The second-order valence-electron chi connectivity index (χ2n) is 6.70. The Morgan fingerprint density at radius 2 is 1.77 bits per heavy atom. The van der Waals surface area contributed by atoms with Gasteiger partial charge in [0.1, 0.15) is 11.5 Å². The fourth-order valence-electron chi connectivity index (χ4n) is 3.14. The SMILES string of the molecule is C/C=S1\NC(=NCc2ccc(OCC)cc2)Nc2c(Oc3ccccc3Cl)cccc21. The lowest BCUT2D eigenvalue weighted by atomic mass is 10.2. The van der Waals surface area contributed by atoms with E-state index in [1.54, 1.807) is 0 Å². The van der Waals surface area contributed by atoms with E-state index in [0.29, 0.717) is 35.6 Å². The second kappa shape index (κ2) is 9.90. The Kier molecular flexibility index (Phi) is 6.79. The lowest BCUT2D eigenvalue weighted by molar-refractivity contribution is 0.340. The summed E-state index contributed by atoms with van der Waals surface area (Å²) in [7, 11) is -0.296. The molecular weight excluding hydrogens is 430 g/mol. The molecule has 5 nitrogen and oxygen atoms in total. The normalized spacial score (nSPS) is 16.4. The Bertz CT molecular complexity index is 1130. The van der Waals surface area contributed by atoms with Crippen molar-refractivity contribution in [2.75, 3.05) is 11.9 Å². The number of hydrogen-bond donors (Lipinski definition) is 2. The standard InChI is InChI=1S/C24H24ClN3O2S/c1-3-29-18-14-12-17(13-15-18)16-26-24-27-23-21(30-20-9-6-5-8-19(20)25)10-7-11-22(23)31(4-2)28-24/h4-15H,3,16H2,1-2H3,(H2,26,27,28). The van der Waals surface area contributed by atoms with Gasteiger partial charge in [0.05, 0.1) is 23.9 Å². The molecule has 0 aliphatic carbocycles. The lowest BCUT2D eigenvalue weighted by Gasteiger charge is -2.26. The Labute approximate surface area is 190 Å². The smallest absolute Gasteiger partial charge is 0.206 e. The lowest BCUT2D eigenvalue weighted by Crippen LogP contribution is -2.31. The van der Waals surface area contributed by atoms with Crippen molar-refractivity contribution in [1.82, 2.24) is 4.72 Å². The molecule has 1 atom stereocenters. The molecule has 160 valence electrons. The molecule has 1 aliphatic heterocycles. The molecule has 2 N–H and O–H groups in total. The van der Waals surface area contributed by atoms with Gasteiger partial charge in [0, 0.05) is 4.90 Å². The van der Waals surface area contributed by atoms with Crippen LogP contribution in [0.2, 0.25) is 5.02 Å². The zero-order valence-corrected chi connectivity index (χ0v) is 19.0. The Hall–Kier alpha value is -2.96. The van der Waals surface area contributed by atoms with Crippen LogP contribution in [0.15, 0.2) is 76.6 Å². The van der Waals surface area contributed by atoms with Crippen molar-refractivity contribution >= 4 is 39.3 Å². The van der Waals surface area contributed by atoms with Gasteiger partial charge in [-0.05, 0) is 61.2 Å². The molecule has 0 saturated heterocycles. The molecule has 0 saturated carbocycles. The molecule has 0 bridgehead atoms. The maximum atomic E-state index is 6.30. The zero-order chi connectivity index (χ0) is 21.6. The summed E-state index contributed by atoms with van der Waals surface area (Å²) in [6, 6.07) is 21.5. The van der Waals surface area contributed by atoms with Crippen LogP contribution >= 0.6 is 22.3 Å². The first-order valence-corrected chi connectivity index (χ1v) is 11.7. The van der Waals surface area contributed by atoms with Crippen molar-refractivity contribution < 1.29 is 9.47 Å². The molecule has 0 fully saturated rings. The maximum Gasteiger partial charge on any atom is 0.206 e. The average molecular weight is 454 g/mol. The van der Waals surface area contributed by atoms with Crippen molar-refractivity contribution in [2.45, 2.75) is 25.3 Å². The van der Waals surface area contributed by atoms with Gasteiger partial charge in [0.15, 0.2) is 5.75 Å². The molecule has 0 radical (unpaired) electrons. The Morgan fingerprint density at radius 1 is 1.00 bits per heavy atom. The van der Waals surface area contributed by atoms with Gasteiger partial charge in [-0.3, -0.25) is 0 Å². The molecule has 0 aromatic heterocycles. The van der Waals surface area contributed by atoms with E-state index in [9.17, 15) is 0 Å². The molecule has 1 aliphatic rings. The number of nitrogens with zero attached hydrogens (tertiary/aromatic N) is 1. The monoisotopic (exact) mass is 453 g/mol. The van der Waals surface area contributed by atoms with Gasteiger partial charge < -0.3 is 19.5 Å². The number of rotatable bonds is 6. The summed E-state index contributed by atoms with van der Waals surface area (Å²) in [5.74, 6) is 2.90. The first-order valence-electron chi connectivity index (χ1n) is 10.1. The van der Waals surface area contributed by atoms with Crippen LogP contribution in [0.3, 0.4) is 0 Å². The number of fused-ring (bicyclic) bond motifs is 1. The van der Waals surface area contributed by atoms with Gasteiger partial charge in [-0.1, -0.05) is 52.6 Å². The summed E-state index contributed by atoms with van der Waals surface area (Å²) >= 11 is 6.30. The first kappa shape index (κ1) is 21.3. The highest BCUT2D eigenvalue weighted by Crippen LogP contribution is 2.42. The van der Waals surface area contributed by atoms with Gasteiger partial charge in [-0.25, -0.2) is 4.99 Å². The number of nitrogens with one attached hydrogen (secondary N) is 2. The molecule has 0 amide bonds. The van der Waals surface area contributed by atoms with Crippen LogP contribution in [-0.2, 0) is 6.54 Å². The molecule has 1 heterocycles. The third-order valence-electron chi connectivity index (χ3n) is 4.62. The largest absolute Gasteiger partial charge is 0.494 e. The number of ether oxygens (including phenoxy) is 2. The van der Waals surface area contributed by atoms with Crippen molar-refractivity contribution in [3.05, 3.63) is 77.3 Å². The zero-order valence-electron chi connectivity index (χ0n) is 17.4. The van der Waals surface area contributed by atoms with Crippen molar-refractivity contribution in [3.8, 4) is 17.2 Å². The quantitative estimate of drug-likeness (QED) is 0.420. The summed E-state index contributed by atoms with van der Waals surface area (Å²) in [5.41, 5.74) is 2.00. The van der Waals surface area contributed by atoms with Crippen LogP contribution in [0.25, 0.3) is 0 Å². The van der Waals surface area contributed by atoms with Crippen LogP contribution in [0, 0.1) is 0 Å². The minimum Gasteiger partial charge on any atom is -0.494 e. The number of aliphatic imine (C=N–C) groups is 1. The molecule has 1 unspecified atom stereocenters. The number of halogens is 1. The van der Waals surface area contributed by atoms with Crippen molar-refractivity contribution in [1.29, 1.82) is 0 Å². The molecule has 7 heteroatoms. The van der Waals surface area contributed by atoms with Crippen molar-refractivity contribution in [2.24, 2.45) is 4.99 Å². The third-order valence-corrected chi connectivity index (χ3v) is 6.63. The summed E-state index contributed by atoms with van der Waals surface area (Å²) < 4.78 is 15.1. The highest BCUT2D eigenvalue weighted by atomic mass is 35.5. The van der Waals surface area contributed by atoms with Crippen LogP contribution in [0.5, 0.6) is 17.2 Å². The molecule has 3 aromatic carbocycles. The summed E-state index contributed by atoms with van der Waals surface area (Å²) in [4.78, 5) is 5.87. The predicted molar refractivity (Wildman–Crippen MR) is 131 cm³/mol. The van der Waals surface area contributed by atoms with Gasteiger partial charge >= 0.3 is 0 Å². The Morgan fingerprint density at radius 3 is 2.52 bits per heavy atom. The number of benzene rings is 3. The van der Waals surface area contributed by atoms with Crippen LogP contribution in [0.4, 0.5) is 5.69 Å². The number of hydrogen-bond acceptors (Lipinski definition) is 3. The molecule has 3 aromatic rings. The van der Waals surface area contributed by atoms with Crippen LogP contribution < -0.4 is 19.5 Å². The highest BCUT2D eigenvalue weighted by molar-refractivity contribution is 8.14. The van der Waals surface area contributed by atoms with Gasteiger partial charge in [-0.2, -0.15) is 0 Å². The highest BCUT2D eigenvalue weighted by Gasteiger charge is 2.21. The number of anilines is 1.